The molecule has 0 radical (unpaired) electrons. The molecule has 0 unspecified atom stereocenters. The second-order valence-electron chi connectivity index (χ2n) is 3.72. The largest absolute Gasteiger partial charge is 0.379 e. The molecular formula is C10H21N3O3. The van der Waals surface area contributed by atoms with Crippen molar-refractivity contribution in [1.29, 1.82) is 0 Å². The van der Waals surface area contributed by atoms with Gasteiger partial charge < -0.3 is 20.5 Å². The maximum absolute atomic E-state index is 10.4. The van der Waals surface area contributed by atoms with Crippen molar-refractivity contribution in [3.63, 3.8) is 0 Å². The molecule has 1 saturated heterocycles. The lowest BCUT2D eigenvalue weighted by molar-refractivity contribution is -0.122. The molecule has 0 aromatic heterocycles. The van der Waals surface area contributed by atoms with Crippen molar-refractivity contribution < 1.29 is 14.3 Å². The minimum atomic E-state index is -0.423. The highest BCUT2D eigenvalue weighted by molar-refractivity contribution is 5.74. The van der Waals surface area contributed by atoms with Crippen LogP contribution in [0, 0.1) is 0 Å². The number of rotatable bonds is 8. The zero-order valence-corrected chi connectivity index (χ0v) is 9.61. The predicted octanol–water partition coefficient (Wildman–Crippen LogP) is -1.59. The topological polar surface area (TPSA) is 76.8 Å². The standard InChI is InChI=1S/C10H21N3O3/c11-10(14)9-16-6-2-12-1-3-13-4-7-15-8-5-13/h12H,1-9H2,(H2,11,14). The van der Waals surface area contributed by atoms with Crippen molar-refractivity contribution in [3.05, 3.63) is 0 Å². The number of primary amides is 1. The molecule has 1 aliphatic heterocycles. The Labute approximate surface area is 96.1 Å². The van der Waals surface area contributed by atoms with Crippen LogP contribution in [-0.4, -0.2) is 70.0 Å². The van der Waals surface area contributed by atoms with E-state index in [-0.39, 0.29) is 6.61 Å². The van der Waals surface area contributed by atoms with E-state index in [1.807, 2.05) is 0 Å². The molecule has 3 N–H and O–H groups in total. The van der Waals surface area contributed by atoms with Crippen LogP contribution >= 0.6 is 0 Å². The molecule has 0 atom stereocenters. The van der Waals surface area contributed by atoms with Gasteiger partial charge in [-0.25, -0.2) is 0 Å². The number of ether oxygens (including phenoxy) is 2. The van der Waals surface area contributed by atoms with Crippen LogP contribution in [0.15, 0.2) is 0 Å². The van der Waals surface area contributed by atoms with Gasteiger partial charge in [-0.1, -0.05) is 0 Å². The van der Waals surface area contributed by atoms with Gasteiger partial charge in [0.1, 0.15) is 6.61 Å². The Morgan fingerprint density at radius 3 is 2.81 bits per heavy atom. The van der Waals surface area contributed by atoms with Crippen LogP contribution in [-0.2, 0) is 14.3 Å². The molecule has 16 heavy (non-hydrogen) atoms. The summed E-state index contributed by atoms with van der Waals surface area (Å²) in [5.41, 5.74) is 4.93. The smallest absolute Gasteiger partial charge is 0.243 e. The maximum atomic E-state index is 10.4. The Hall–Kier alpha value is -0.690. The third kappa shape index (κ3) is 6.73. The highest BCUT2D eigenvalue weighted by atomic mass is 16.5. The van der Waals surface area contributed by atoms with E-state index >= 15 is 0 Å². The van der Waals surface area contributed by atoms with Crippen LogP contribution in [0.5, 0.6) is 0 Å². The lowest BCUT2D eigenvalue weighted by Crippen LogP contribution is -2.40. The summed E-state index contributed by atoms with van der Waals surface area (Å²) in [5.74, 6) is -0.423. The van der Waals surface area contributed by atoms with Crippen LogP contribution < -0.4 is 11.1 Å². The van der Waals surface area contributed by atoms with E-state index in [0.29, 0.717) is 6.61 Å². The van der Waals surface area contributed by atoms with Crippen LogP contribution in [0.1, 0.15) is 0 Å². The van der Waals surface area contributed by atoms with E-state index in [0.717, 1.165) is 45.9 Å². The van der Waals surface area contributed by atoms with Gasteiger partial charge in [0, 0.05) is 32.7 Å². The average Bonchev–Trinajstić information content (AvgIpc) is 2.29. The van der Waals surface area contributed by atoms with E-state index < -0.39 is 5.91 Å². The molecule has 0 bridgehead atoms. The van der Waals surface area contributed by atoms with Crippen molar-refractivity contribution in [3.8, 4) is 0 Å². The monoisotopic (exact) mass is 231 g/mol. The first-order chi connectivity index (χ1) is 7.79. The van der Waals surface area contributed by atoms with E-state index in [1.54, 1.807) is 0 Å². The van der Waals surface area contributed by atoms with Crippen molar-refractivity contribution in [1.82, 2.24) is 10.2 Å². The molecule has 0 aliphatic carbocycles. The minimum Gasteiger partial charge on any atom is -0.379 e. The summed E-state index contributed by atoms with van der Waals surface area (Å²) in [6.45, 7) is 6.93. The molecule has 0 saturated carbocycles. The van der Waals surface area contributed by atoms with Gasteiger partial charge >= 0.3 is 0 Å². The Morgan fingerprint density at radius 1 is 1.38 bits per heavy atom. The Bertz CT molecular complexity index is 196. The molecule has 94 valence electrons. The second-order valence-corrected chi connectivity index (χ2v) is 3.72. The van der Waals surface area contributed by atoms with Gasteiger partial charge in [0.2, 0.25) is 5.91 Å². The maximum Gasteiger partial charge on any atom is 0.243 e. The molecule has 1 aliphatic rings. The Balaban J connectivity index is 1.82. The molecule has 0 aromatic rings. The lowest BCUT2D eigenvalue weighted by Gasteiger charge is -2.26. The quantitative estimate of drug-likeness (QED) is 0.493. The van der Waals surface area contributed by atoms with Crippen LogP contribution in [0.3, 0.4) is 0 Å². The third-order valence-corrected chi connectivity index (χ3v) is 2.38. The normalized spacial score (nSPS) is 17.5. The number of amides is 1. The fraction of sp³-hybridized carbons (Fsp3) is 0.900. The van der Waals surface area contributed by atoms with Gasteiger partial charge in [0.15, 0.2) is 0 Å². The lowest BCUT2D eigenvalue weighted by atomic mass is 10.4. The molecular weight excluding hydrogens is 210 g/mol. The summed E-state index contributed by atoms with van der Waals surface area (Å²) in [5, 5.41) is 3.25. The van der Waals surface area contributed by atoms with Crippen molar-refractivity contribution >= 4 is 5.91 Å². The molecule has 6 nitrogen and oxygen atoms in total. The Morgan fingerprint density at radius 2 is 2.12 bits per heavy atom. The predicted molar refractivity (Wildman–Crippen MR) is 60.1 cm³/mol. The number of carbonyl (C=O) groups excluding carboxylic acids is 1. The number of hydrogen-bond acceptors (Lipinski definition) is 5. The van der Waals surface area contributed by atoms with Crippen molar-refractivity contribution in [2.75, 3.05) is 59.2 Å². The van der Waals surface area contributed by atoms with Crippen LogP contribution in [0.25, 0.3) is 0 Å². The summed E-state index contributed by atoms with van der Waals surface area (Å²) in [7, 11) is 0. The van der Waals surface area contributed by atoms with E-state index in [4.69, 9.17) is 15.2 Å². The number of nitrogens with one attached hydrogen (secondary N) is 1. The van der Waals surface area contributed by atoms with Crippen LogP contribution in [0.2, 0.25) is 0 Å². The summed E-state index contributed by atoms with van der Waals surface area (Å²) in [6, 6.07) is 0. The summed E-state index contributed by atoms with van der Waals surface area (Å²) in [4.78, 5) is 12.7. The summed E-state index contributed by atoms with van der Waals surface area (Å²) in [6.07, 6.45) is 0. The van der Waals surface area contributed by atoms with E-state index in [2.05, 4.69) is 10.2 Å². The van der Waals surface area contributed by atoms with Gasteiger partial charge in [0.05, 0.1) is 19.8 Å². The first-order valence-corrected chi connectivity index (χ1v) is 5.66. The summed E-state index contributed by atoms with van der Waals surface area (Å²) >= 11 is 0. The molecule has 1 fully saturated rings. The number of hydrogen-bond donors (Lipinski definition) is 2. The SMILES string of the molecule is NC(=O)COCCNCCN1CCOCC1. The zero-order valence-electron chi connectivity index (χ0n) is 9.61. The van der Waals surface area contributed by atoms with Gasteiger partial charge in [-0.3, -0.25) is 9.69 Å². The van der Waals surface area contributed by atoms with Gasteiger partial charge in [0.25, 0.3) is 0 Å². The van der Waals surface area contributed by atoms with Gasteiger partial charge in [-0.15, -0.1) is 0 Å². The third-order valence-electron chi connectivity index (χ3n) is 2.38. The molecule has 0 aromatic carbocycles. The zero-order chi connectivity index (χ0) is 11.6. The minimum absolute atomic E-state index is 0.00510. The first kappa shape index (κ1) is 13.4. The molecule has 1 heterocycles. The number of nitrogens with two attached hydrogens (primary N) is 1. The second kappa shape index (κ2) is 8.46. The van der Waals surface area contributed by atoms with E-state index in [1.165, 1.54) is 0 Å². The molecule has 0 spiro atoms. The highest BCUT2D eigenvalue weighted by Gasteiger charge is 2.08. The summed E-state index contributed by atoms with van der Waals surface area (Å²) < 4.78 is 10.3. The van der Waals surface area contributed by atoms with Crippen molar-refractivity contribution in [2.24, 2.45) is 5.73 Å². The average molecular weight is 231 g/mol. The van der Waals surface area contributed by atoms with Crippen LogP contribution in [0.4, 0.5) is 0 Å². The fourth-order valence-corrected chi connectivity index (χ4v) is 1.50. The highest BCUT2D eigenvalue weighted by Crippen LogP contribution is 1.94. The fourth-order valence-electron chi connectivity index (χ4n) is 1.50. The molecule has 1 amide bonds. The molecule has 1 rings (SSSR count). The number of nitrogens with zero attached hydrogens (tertiary/aromatic N) is 1. The first-order valence-electron chi connectivity index (χ1n) is 5.66. The van der Waals surface area contributed by atoms with Gasteiger partial charge in [-0.2, -0.15) is 0 Å². The molecule has 6 heteroatoms. The van der Waals surface area contributed by atoms with Gasteiger partial charge in [-0.05, 0) is 0 Å². The number of carbonyl (C=O) groups is 1. The van der Waals surface area contributed by atoms with E-state index in [9.17, 15) is 4.79 Å². The number of morpholine rings is 1. The Kier molecular flexibility index (Phi) is 7.07. The van der Waals surface area contributed by atoms with Crippen molar-refractivity contribution in [2.45, 2.75) is 0 Å².